The topological polar surface area (TPSA) is 88.4 Å². The Kier molecular flexibility index (Phi) is 3.29. The van der Waals surface area contributed by atoms with E-state index in [2.05, 4.69) is 9.97 Å². The molecule has 1 saturated heterocycles. The largest absolute Gasteiger partial charge is 0.442 e. The van der Waals surface area contributed by atoms with Crippen molar-refractivity contribution in [1.82, 2.24) is 14.9 Å². The van der Waals surface area contributed by atoms with E-state index < -0.39 is 0 Å². The Hall–Kier alpha value is -2.15. The molecule has 3 heterocycles. The first-order valence-corrected chi connectivity index (χ1v) is 6.89. The van der Waals surface area contributed by atoms with Gasteiger partial charge < -0.3 is 19.0 Å². The number of nitrogens with zero attached hydrogens (tertiary/aromatic N) is 2. The van der Waals surface area contributed by atoms with E-state index in [1.807, 2.05) is 13.8 Å². The fourth-order valence-corrected chi connectivity index (χ4v) is 2.81. The lowest BCUT2D eigenvalue weighted by molar-refractivity contribution is -0.0586. The fraction of sp³-hybridized carbons (Fsp3) is 0.500. The number of rotatable bonds is 1. The molecule has 1 fully saturated rings. The minimum absolute atomic E-state index is 0.0346. The molecule has 0 aliphatic carbocycles. The van der Waals surface area contributed by atoms with Crippen LogP contribution < -0.4 is 5.56 Å². The summed E-state index contributed by atoms with van der Waals surface area (Å²) in [7, 11) is 0. The van der Waals surface area contributed by atoms with E-state index in [0.29, 0.717) is 24.4 Å². The second-order valence-electron chi connectivity index (χ2n) is 5.41. The summed E-state index contributed by atoms with van der Waals surface area (Å²) in [5, 5.41) is 0.215. The zero-order valence-electron chi connectivity index (χ0n) is 12.2. The third kappa shape index (κ3) is 2.33. The number of fused-ring (bicyclic) bond motifs is 1. The Morgan fingerprint density at radius 3 is 2.71 bits per heavy atom. The zero-order valence-corrected chi connectivity index (χ0v) is 12.2. The van der Waals surface area contributed by atoms with Gasteiger partial charge in [-0.15, -0.1) is 0 Å². The molecule has 7 heteroatoms. The highest BCUT2D eigenvalue weighted by molar-refractivity contribution is 6.06. The number of hydrogen-bond donors (Lipinski definition) is 1. The number of hydrogen-bond acceptors (Lipinski definition) is 5. The maximum Gasteiger partial charge on any atom is 0.262 e. The number of morpholine rings is 1. The van der Waals surface area contributed by atoms with Crippen LogP contribution in [-0.4, -0.2) is 46.1 Å². The highest BCUT2D eigenvalue weighted by Gasteiger charge is 2.31. The van der Waals surface area contributed by atoms with Gasteiger partial charge >= 0.3 is 0 Å². The minimum atomic E-state index is -0.366. The lowest BCUT2D eigenvalue weighted by atomic mass is 10.1. The number of carbonyl (C=O) groups is 1. The molecule has 0 unspecified atom stereocenters. The van der Waals surface area contributed by atoms with Crippen molar-refractivity contribution < 1.29 is 13.9 Å². The molecule has 1 aliphatic heterocycles. The van der Waals surface area contributed by atoms with Gasteiger partial charge in [0.2, 0.25) is 5.71 Å². The molecule has 1 N–H and O–H groups in total. The zero-order chi connectivity index (χ0) is 15.1. The maximum atomic E-state index is 12.8. The number of carbonyl (C=O) groups excluding carboxylic acids is 1. The van der Waals surface area contributed by atoms with Crippen molar-refractivity contribution in [3.63, 3.8) is 0 Å². The summed E-state index contributed by atoms with van der Waals surface area (Å²) in [6.07, 6.45) is 1.20. The standard InChI is InChI=1S/C14H17N3O4/c1-7-4-17(5-8(2)20-7)14(19)10-9(3)21-13-11(10)12(18)15-6-16-13/h6-8H,4-5H2,1-3H3,(H,15,16,18)/t7-,8-/m1/s1. The summed E-state index contributed by atoms with van der Waals surface area (Å²) in [6.45, 7) is 6.50. The second-order valence-corrected chi connectivity index (χ2v) is 5.41. The van der Waals surface area contributed by atoms with Gasteiger partial charge in [0.15, 0.2) is 0 Å². The molecule has 3 rings (SSSR count). The van der Waals surface area contributed by atoms with Crippen LogP contribution >= 0.6 is 0 Å². The van der Waals surface area contributed by atoms with Crippen LogP contribution in [0.25, 0.3) is 11.1 Å². The van der Waals surface area contributed by atoms with Crippen molar-refractivity contribution in [2.75, 3.05) is 13.1 Å². The van der Waals surface area contributed by atoms with Gasteiger partial charge in [-0.2, -0.15) is 0 Å². The normalized spacial score (nSPS) is 22.7. The third-order valence-electron chi connectivity index (χ3n) is 3.59. The number of aromatic nitrogens is 2. The van der Waals surface area contributed by atoms with Crippen molar-refractivity contribution in [2.24, 2.45) is 0 Å². The predicted molar refractivity (Wildman–Crippen MR) is 75.3 cm³/mol. The maximum absolute atomic E-state index is 12.8. The molecule has 1 amide bonds. The molecule has 1 aliphatic rings. The van der Waals surface area contributed by atoms with E-state index in [1.165, 1.54) is 6.33 Å². The molecule has 2 aromatic heterocycles. The summed E-state index contributed by atoms with van der Waals surface area (Å²) < 4.78 is 11.1. The quantitative estimate of drug-likeness (QED) is 0.849. The van der Waals surface area contributed by atoms with E-state index in [0.717, 1.165) is 0 Å². The van der Waals surface area contributed by atoms with Crippen molar-refractivity contribution >= 4 is 17.0 Å². The molecule has 2 atom stereocenters. The molecular formula is C14H17N3O4. The molecule has 0 aromatic carbocycles. The SMILES string of the molecule is Cc1oc2nc[nH]c(=O)c2c1C(=O)N1C[C@@H](C)O[C@H](C)C1. The van der Waals surface area contributed by atoms with Crippen LogP contribution in [-0.2, 0) is 4.74 Å². The summed E-state index contributed by atoms with van der Waals surface area (Å²) in [6, 6.07) is 0. The second kappa shape index (κ2) is 5.00. The number of aromatic amines is 1. The van der Waals surface area contributed by atoms with Gasteiger partial charge in [-0.3, -0.25) is 9.59 Å². The van der Waals surface area contributed by atoms with E-state index in [9.17, 15) is 9.59 Å². The number of H-pyrrole nitrogens is 1. The Morgan fingerprint density at radius 2 is 2.05 bits per heavy atom. The summed E-state index contributed by atoms with van der Waals surface area (Å²) in [5.74, 6) is 0.192. The van der Waals surface area contributed by atoms with Crippen molar-refractivity contribution in [2.45, 2.75) is 33.0 Å². The molecule has 112 valence electrons. The average molecular weight is 291 g/mol. The summed E-state index contributed by atoms with van der Waals surface area (Å²) in [4.78, 5) is 32.9. The molecule has 7 nitrogen and oxygen atoms in total. The first kappa shape index (κ1) is 13.8. The molecule has 2 aromatic rings. The highest BCUT2D eigenvalue weighted by atomic mass is 16.5. The summed E-state index contributed by atoms with van der Waals surface area (Å²) in [5.41, 5.74) is 0.115. The van der Waals surface area contributed by atoms with Crippen LogP contribution in [0.5, 0.6) is 0 Å². The van der Waals surface area contributed by atoms with Crippen LogP contribution in [0.15, 0.2) is 15.5 Å². The van der Waals surface area contributed by atoms with E-state index in [-0.39, 0.29) is 34.8 Å². The predicted octanol–water partition coefficient (Wildman–Crippen LogP) is 1.07. The van der Waals surface area contributed by atoms with Gasteiger partial charge in [-0.1, -0.05) is 0 Å². The molecule has 0 saturated carbocycles. The first-order valence-electron chi connectivity index (χ1n) is 6.89. The van der Waals surface area contributed by atoms with Crippen LogP contribution in [0.2, 0.25) is 0 Å². The Balaban J connectivity index is 2.06. The lowest BCUT2D eigenvalue weighted by Gasteiger charge is -2.35. The lowest BCUT2D eigenvalue weighted by Crippen LogP contribution is -2.48. The Morgan fingerprint density at radius 1 is 1.38 bits per heavy atom. The molecule has 21 heavy (non-hydrogen) atoms. The van der Waals surface area contributed by atoms with Gasteiger partial charge in [-0.05, 0) is 20.8 Å². The average Bonchev–Trinajstić information content (AvgIpc) is 2.74. The van der Waals surface area contributed by atoms with Gasteiger partial charge in [0.25, 0.3) is 11.5 Å². The van der Waals surface area contributed by atoms with Crippen molar-refractivity contribution in [3.8, 4) is 0 Å². The monoisotopic (exact) mass is 291 g/mol. The van der Waals surface area contributed by atoms with Crippen LogP contribution in [0, 0.1) is 6.92 Å². The van der Waals surface area contributed by atoms with Crippen LogP contribution in [0.4, 0.5) is 0 Å². The number of amides is 1. The summed E-state index contributed by atoms with van der Waals surface area (Å²) >= 11 is 0. The molecule has 0 bridgehead atoms. The Bertz CT molecular complexity index is 738. The van der Waals surface area contributed by atoms with E-state index in [1.54, 1.807) is 11.8 Å². The van der Waals surface area contributed by atoms with Gasteiger partial charge in [0, 0.05) is 13.1 Å². The van der Waals surface area contributed by atoms with E-state index in [4.69, 9.17) is 9.15 Å². The molecule has 0 radical (unpaired) electrons. The van der Waals surface area contributed by atoms with Crippen molar-refractivity contribution in [1.29, 1.82) is 0 Å². The van der Waals surface area contributed by atoms with Crippen molar-refractivity contribution in [3.05, 3.63) is 28.0 Å². The first-order chi connectivity index (χ1) is 9.97. The number of furan rings is 1. The highest BCUT2D eigenvalue weighted by Crippen LogP contribution is 2.23. The fourth-order valence-electron chi connectivity index (χ4n) is 2.81. The smallest absolute Gasteiger partial charge is 0.262 e. The van der Waals surface area contributed by atoms with Crippen LogP contribution in [0.3, 0.4) is 0 Å². The van der Waals surface area contributed by atoms with Gasteiger partial charge in [0.05, 0.1) is 24.1 Å². The van der Waals surface area contributed by atoms with Gasteiger partial charge in [0.1, 0.15) is 11.1 Å². The molecular weight excluding hydrogens is 274 g/mol. The van der Waals surface area contributed by atoms with Crippen LogP contribution in [0.1, 0.15) is 30.0 Å². The Labute approximate surface area is 120 Å². The van der Waals surface area contributed by atoms with Gasteiger partial charge in [-0.25, -0.2) is 4.98 Å². The third-order valence-corrected chi connectivity index (χ3v) is 3.59. The number of aryl methyl sites for hydroxylation is 1. The minimum Gasteiger partial charge on any atom is -0.442 e. The molecule has 0 spiro atoms. The number of ether oxygens (including phenoxy) is 1. The van der Waals surface area contributed by atoms with E-state index >= 15 is 0 Å². The number of nitrogens with one attached hydrogen (secondary N) is 1.